The van der Waals surface area contributed by atoms with Crippen molar-refractivity contribution in [3.8, 4) is 0 Å². The van der Waals surface area contributed by atoms with Gasteiger partial charge >= 0.3 is 0 Å². The van der Waals surface area contributed by atoms with Crippen LogP contribution in [0.15, 0.2) is 18.2 Å². The van der Waals surface area contributed by atoms with Crippen LogP contribution in [0.4, 0.5) is 8.78 Å². The van der Waals surface area contributed by atoms with E-state index in [0.29, 0.717) is 12.4 Å². The van der Waals surface area contributed by atoms with E-state index >= 15 is 0 Å². The fraction of sp³-hybridized carbons (Fsp3) is 0.533. The quantitative estimate of drug-likeness (QED) is 0.702. The Morgan fingerprint density at radius 3 is 2.45 bits per heavy atom. The highest BCUT2D eigenvalue weighted by Gasteiger charge is 2.21. The van der Waals surface area contributed by atoms with Gasteiger partial charge < -0.3 is 4.90 Å². The molecule has 20 heavy (non-hydrogen) atoms. The van der Waals surface area contributed by atoms with Crippen molar-refractivity contribution < 1.29 is 13.6 Å². The molecule has 5 heteroatoms. The van der Waals surface area contributed by atoms with Crippen LogP contribution in [-0.4, -0.2) is 29.3 Å². The maximum Gasteiger partial charge on any atom is 0.227 e. The molecular formula is C15H20ClF2NO. The lowest BCUT2D eigenvalue weighted by Gasteiger charge is -2.30. The van der Waals surface area contributed by atoms with Gasteiger partial charge in [-0.25, -0.2) is 8.78 Å². The monoisotopic (exact) mass is 303 g/mol. The third-order valence-corrected chi connectivity index (χ3v) is 3.55. The number of hydrogen-bond donors (Lipinski definition) is 0. The lowest BCUT2D eigenvalue weighted by molar-refractivity contribution is -0.132. The zero-order valence-corrected chi connectivity index (χ0v) is 12.6. The van der Waals surface area contributed by atoms with Crippen molar-refractivity contribution in [1.29, 1.82) is 0 Å². The summed E-state index contributed by atoms with van der Waals surface area (Å²) in [7, 11) is 0. The fourth-order valence-electron chi connectivity index (χ4n) is 2.26. The number of rotatable bonds is 7. The van der Waals surface area contributed by atoms with Crippen molar-refractivity contribution in [1.82, 2.24) is 4.90 Å². The average Bonchev–Trinajstić information content (AvgIpc) is 2.42. The highest BCUT2D eigenvalue weighted by atomic mass is 35.5. The molecule has 0 atom stereocenters. The number of benzene rings is 1. The van der Waals surface area contributed by atoms with Gasteiger partial charge in [0.25, 0.3) is 0 Å². The largest absolute Gasteiger partial charge is 0.338 e. The summed E-state index contributed by atoms with van der Waals surface area (Å²) in [5.74, 6) is -1.16. The summed E-state index contributed by atoms with van der Waals surface area (Å²) in [6.45, 7) is 4.44. The van der Waals surface area contributed by atoms with Gasteiger partial charge in [-0.05, 0) is 24.5 Å². The Bertz CT molecular complexity index is 449. The molecule has 0 saturated heterocycles. The van der Waals surface area contributed by atoms with E-state index in [4.69, 9.17) is 11.6 Å². The summed E-state index contributed by atoms with van der Waals surface area (Å²) >= 11 is 5.74. The second kappa shape index (κ2) is 8.20. The summed E-state index contributed by atoms with van der Waals surface area (Å²) in [5.41, 5.74) is 0.210. The van der Waals surface area contributed by atoms with Crippen LogP contribution in [0, 0.1) is 11.6 Å². The Kier molecular flexibility index (Phi) is 6.93. The molecule has 0 heterocycles. The molecular weight excluding hydrogens is 284 g/mol. The summed E-state index contributed by atoms with van der Waals surface area (Å²) in [5, 5.41) is 0. The van der Waals surface area contributed by atoms with Crippen LogP contribution in [-0.2, 0) is 11.2 Å². The van der Waals surface area contributed by atoms with E-state index in [9.17, 15) is 13.6 Å². The molecule has 0 fully saturated rings. The van der Waals surface area contributed by atoms with Crippen molar-refractivity contribution in [3.05, 3.63) is 35.4 Å². The molecule has 112 valence electrons. The third kappa shape index (κ3) is 4.44. The maximum absolute atomic E-state index is 13.6. The van der Waals surface area contributed by atoms with Crippen LogP contribution < -0.4 is 0 Å². The zero-order chi connectivity index (χ0) is 15.1. The molecule has 1 rings (SSSR count). The standard InChI is InChI=1S/C15H20ClF2NO/c1-3-13(4-2)19(8-7-16)15(20)9-11-5-6-12(17)10-14(11)18/h5-6,10,13H,3-4,7-9H2,1-2H3. The molecule has 0 aromatic heterocycles. The third-order valence-electron chi connectivity index (χ3n) is 3.39. The minimum Gasteiger partial charge on any atom is -0.338 e. The van der Waals surface area contributed by atoms with Crippen molar-refractivity contribution in [2.75, 3.05) is 12.4 Å². The Hall–Kier alpha value is -1.16. The first-order valence-corrected chi connectivity index (χ1v) is 7.36. The van der Waals surface area contributed by atoms with Gasteiger partial charge in [0, 0.05) is 24.5 Å². The molecule has 0 aliphatic carbocycles. The first-order chi connectivity index (χ1) is 9.53. The second-order valence-electron chi connectivity index (χ2n) is 4.66. The smallest absolute Gasteiger partial charge is 0.227 e. The minimum atomic E-state index is -0.686. The van der Waals surface area contributed by atoms with Crippen LogP contribution in [0.25, 0.3) is 0 Å². The fourth-order valence-corrected chi connectivity index (χ4v) is 2.44. The zero-order valence-electron chi connectivity index (χ0n) is 11.8. The van der Waals surface area contributed by atoms with Crippen LogP contribution in [0.1, 0.15) is 32.3 Å². The van der Waals surface area contributed by atoms with E-state index in [-0.39, 0.29) is 23.9 Å². The van der Waals surface area contributed by atoms with Crippen molar-refractivity contribution >= 4 is 17.5 Å². The molecule has 0 bridgehead atoms. The summed E-state index contributed by atoms with van der Waals surface area (Å²) in [6, 6.07) is 3.37. The van der Waals surface area contributed by atoms with Gasteiger partial charge in [0.15, 0.2) is 0 Å². The molecule has 0 unspecified atom stereocenters. The molecule has 1 aromatic carbocycles. The average molecular weight is 304 g/mol. The first kappa shape index (κ1) is 16.9. The lowest BCUT2D eigenvalue weighted by Crippen LogP contribution is -2.42. The Morgan fingerprint density at radius 1 is 1.30 bits per heavy atom. The van der Waals surface area contributed by atoms with Gasteiger partial charge in [-0.15, -0.1) is 11.6 Å². The Labute approximate surface area is 123 Å². The predicted octanol–water partition coefficient (Wildman–Crippen LogP) is 3.76. The molecule has 0 radical (unpaired) electrons. The van der Waals surface area contributed by atoms with Gasteiger partial charge in [0.2, 0.25) is 5.91 Å². The predicted molar refractivity (Wildman–Crippen MR) is 76.9 cm³/mol. The maximum atomic E-state index is 13.6. The number of nitrogens with zero attached hydrogens (tertiary/aromatic N) is 1. The normalized spacial score (nSPS) is 10.9. The van der Waals surface area contributed by atoms with Crippen LogP contribution in [0.3, 0.4) is 0 Å². The molecule has 0 aliphatic rings. The summed E-state index contributed by atoms with van der Waals surface area (Å²) in [4.78, 5) is 14.0. The van der Waals surface area contributed by atoms with E-state index in [0.717, 1.165) is 25.0 Å². The molecule has 0 spiro atoms. The first-order valence-electron chi connectivity index (χ1n) is 6.82. The van der Waals surface area contributed by atoms with E-state index in [2.05, 4.69) is 0 Å². The number of halogens is 3. The van der Waals surface area contributed by atoms with Gasteiger partial charge in [0.1, 0.15) is 11.6 Å². The van der Waals surface area contributed by atoms with Crippen LogP contribution in [0.2, 0.25) is 0 Å². The van der Waals surface area contributed by atoms with E-state index < -0.39 is 11.6 Å². The highest BCUT2D eigenvalue weighted by Crippen LogP contribution is 2.15. The highest BCUT2D eigenvalue weighted by molar-refractivity contribution is 6.18. The van der Waals surface area contributed by atoms with Gasteiger partial charge in [-0.2, -0.15) is 0 Å². The van der Waals surface area contributed by atoms with Crippen LogP contribution >= 0.6 is 11.6 Å². The number of hydrogen-bond acceptors (Lipinski definition) is 1. The summed E-state index contributed by atoms with van der Waals surface area (Å²) < 4.78 is 26.4. The van der Waals surface area contributed by atoms with E-state index in [1.807, 2.05) is 13.8 Å². The number of alkyl halides is 1. The molecule has 0 saturated carbocycles. The Balaban J connectivity index is 2.84. The molecule has 2 nitrogen and oxygen atoms in total. The summed E-state index contributed by atoms with van der Waals surface area (Å²) in [6.07, 6.45) is 1.58. The van der Waals surface area contributed by atoms with Gasteiger partial charge in [0.05, 0.1) is 6.42 Å². The number of amides is 1. The SMILES string of the molecule is CCC(CC)N(CCCl)C(=O)Cc1ccc(F)cc1F. The van der Waals surface area contributed by atoms with E-state index in [1.165, 1.54) is 6.07 Å². The molecule has 1 amide bonds. The van der Waals surface area contributed by atoms with Crippen LogP contribution in [0.5, 0.6) is 0 Å². The van der Waals surface area contributed by atoms with Gasteiger partial charge in [-0.3, -0.25) is 4.79 Å². The number of carbonyl (C=O) groups is 1. The van der Waals surface area contributed by atoms with Crippen molar-refractivity contribution in [2.24, 2.45) is 0 Å². The molecule has 0 aliphatic heterocycles. The number of carbonyl (C=O) groups excluding carboxylic acids is 1. The molecule has 1 aromatic rings. The Morgan fingerprint density at radius 2 is 1.95 bits per heavy atom. The second-order valence-corrected chi connectivity index (χ2v) is 5.04. The topological polar surface area (TPSA) is 20.3 Å². The minimum absolute atomic E-state index is 0.0699. The molecule has 0 N–H and O–H groups in total. The van der Waals surface area contributed by atoms with Crippen molar-refractivity contribution in [2.45, 2.75) is 39.2 Å². The van der Waals surface area contributed by atoms with Gasteiger partial charge in [-0.1, -0.05) is 19.9 Å². The van der Waals surface area contributed by atoms with E-state index in [1.54, 1.807) is 4.90 Å². The lowest BCUT2D eigenvalue weighted by atomic mass is 10.1. The van der Waals surface area contributed by atoms with Crippen molar-refractivity contribution in [3.63, 3.8) is 0 Å².